The van der Waals surface area contributed by atoms with Crippen molar-refractivity contribution in [2.45, 2.75) is 6.42 Å². The number of amides is 2. The fraction of sp³-hybridized carbons (Fsp3) is 0.333. The van der Waals surface area contributed by atoms with Gasteiger partial charge < -0.3 is 16.0 Å². The largest absolute Gasteiger partial charge is 0.336 e. The molecule has 5 nitrogen and oxygen atoms in total. The van der Waals surface area contributed by atoms with Crippen LogP contribution in [0.3, 0.4) is 0 Å². The van der Waals surface area contributed by atoms with Crippen LogP contribution in [0.5, 0.6) is 0 Å². The van der Waals surface area contributed by atoms with Crippen LogP contribution in [-0.2, 0) is 9.59 Å². The van der Waals surface area contributed by atoms with E-state index in [1.807, 2.05) is 0 Å². The Balaban J connectivity index is 2.57. The Bertz CT molecular complexity index is 460. The van der Waals surface area contributed by atoms with Gasteiger partial charge in [0.25, 0.3) is 0 Å². The van der Waals surface area contributed by atoms with Gasteiger partial charge in [-0.1, -0.05) is 0 Å². The van der Waals surface area contributed by atoms with Gasteiger partial charge in [-0.25, -0.2) is 8.78 Å². The Morgan fingerprint density at radius 3 is 2.37 bits per heavy atom. The quantitative estimate of drug-likeness (QED) is 0.828. The van der Waals surface area contributed by atoms with Crippen LogP contribution in [0.15, 0.2) is 18.2 Å². The minimum atomic E-state index is -0.789. The molecular formula is C12H15F2N3O2. The highest BCUT2D eigenvalue weighted by molar-refractivity contribution is 5.94. The Kier molecular flexibility index (Phi) is 5.37. The summed E-state index contributed by atoms with van der Waals surface area (Å²) in [5.41, 5.74) is 5.23. The number of rotatable bonds is 5. The lowest BCUT2D eigenvalue weighted by atomic mass is 10.3. The molecule has 0 aliphatic carbocycles. The van der Waals surface area contributed by atoms with Gasteiger partial charge in [0.2, 0.25) is 11.8 Å². The predicted octanol–water partition coefficient (Wildman–Crippen LogP) is 0.710. The number of benzene rings is 1. The first-order valence-corrected chi connectivity index (χ1v) is 5.62. The van der Waals surface area contributed by atoms with Crippen molar-refractivity contribution in [3.63, 3.8) is 0 Å². The Hall–Kier alpha value is -2.02. The summed E-state index contributed by atoms with van der Waals surface area (Å²) in [6, 6.07) is 2.68. The van der Waals surface area contributed by atoms with E-state index in [0.29, 0.717) is 6.07 Å². The second-order valence-electron chi connectivity index (χ2n) is 3.99. The Morgan fingerprint density at radius 1 is 1.26 bits per heavy atom. The number of nitrogens with zero attached hydrogens (tertiary/aromatic N) is 1. The van der Waals surface area contributed by atoms with E-state index in [0.717, 1.165) is 12.1 Å². The second kappa shape index (κ2) is 6.79. The molecule has 0 aliphatic heterocycles. The van der Waals surface area contributed by atoms with Crippen molar-refractivity contribution in [2.75, 3.05) is 25.5 Å². The van der Waals surface area contributed by atoms with Gasteiger partial charge in [0.05, 0.1) is 6.54 Å². The van der Waals surface area contributed by atoms with Gasteiger partial charge in [-0.2, -0.15) is 0 Å². The van der Waals surface area contributed by atoms with Gasteiger partial charge in [-0.05, 0) is 12.1 Å². The summed E-state index contributed by atoms with van der Waals surface area (Å²) in [5, 5.41) is 2.31. The molecule has 0 aromatic heterocycles. The van der Waals surface area contributed by atoms with Crippen LogP contribution in [0.1, 0.15) is 6.42 Å². The maximum Gasteiger partial charge on any atom is 0.243 e. The van der Waals surface area contributed by atoms with Crippen molar-refractivity contribution >= 4 is 17.5 Å². The van der Waals surface area contributed by atoms with Crippen molar-refractivity contribution in [1.82, 2.24) is 4.90 Å². The molecule has 0 atom stereocenters. The molecule has 3 N–H and O–H groups in total. The van der Waals surface area contributed by atoms with Crippen LogP contribution in [0, 0.1) is 11.6 Å². The molecule has 1 rings (SSSR count). The third-order valence-electron chi connectivity index (χ3n) is 2.31. The third kappa shape index (κ3) is 5.01. The lowest BCUT2D eigenvalue weighted by molar-refractivity contribution is -0.133. The highest BCUT2D eigenvalue weighted by atomic mass is 19.1. The van der Waals surface area contributed by atoms with Crippen LogP contribution in [-0.4, -0.2) is 36.9 Å². The summed E-state index contributed by atoms with van der Waals surface area (Å²) in [7, 11) is 1.45. The molecule has 19 heavy (non-hydrogen) atoms. The summed E-state index contributed by atoms with van der Waals surface area (Å²) in [6.45, 7) is -0.0170. The average molecular weight is 271 g/mol. The van der Waals surface area contributed by atoms with Crippen molar-refractivity contribution in [2.24, 2.45) is 5.73 Å². The number of carbonyl (C=O) groups excluding carboxylic acids is 2. The van der Waals surface area contributed by atoms with Gasteiger partial charge in [0.1, 0.15) is 11.6 Å². The zero-order valence-electron chi connectivity index (χ0n) is 10.5. The average Bonchev–Trinajstić information content (AvgIpc) is 2.27. The molecule has 0 aliphatic rings. The molecule has 104 valence electrons. The molecule has 0 unspecified atom stereocenters. The van der Waals surface area contributed by atoms with Gasteiger partial charge in [-0.3, -0.25) is 9.59 Å². The third-order valence-corrected chi connectivity index (χ3v) is 2.31. The maximum atomic E-state index is 12.9. The van der Waals surface area contributed by atoms with Crippen LogP contribution in [0.4, 0.5) is 14.5 Å². The monoisotopic (exact) mass is 271 g/mol. The summed E-state index contributed by atoms with van der Waals surface area (Å²) < 4.78 is 25.8. The molecule has 0 heterocycles. The molecular weight excluding hydrogens is 256 g/mol. The van der Waals surface area contributed by atoms with Gasteiger partial charge in [-0.15, -0.1) is 0 Å². The molecule has 1 aromatic rings. The van der Waals surface area contributed by atoms with E-state index in [2.05, 4.69) is 5.32 Å². The predicted molar refractivity (Wildman–Crippen MR) is 66.3 cm³/mol. The van der Waals surface area contributed by atoms with Gasteiger partial charge >= 0.3 is 0 Å². The molecule has 7 heteroatoms. The molecule has 0 bridgehead atoms. The van der Waals surface area contributed by atoms with E-state index >= 15 is 0 Å². The molecule has 0 radical (unpaired) electrons. The van der Waals surface area contributed by atoms with E-state index in [4.69, 9.17) is 5.73 Å². The van der Waals surface area contributed by atoms with E-state index < -0.39 is 17.5 Å². The topological polar surface area (TPSA) is 75.4 Å². The van der Waals surface area contributed by atoms with Crippen molar-refractivity contribution in [3.05, 3.63) is 29.8 Å². The highest BCUT2D eigenvalue weighted by Crippen LogP contribution is 2.12. The van der Waals surface area contributed by atoms with E-state index in [1.54, 1.807) is 0 Å². The number of carbonyl (C=O) groups is 2. The van der Waals surface area contributed by atoms with Crippen molar-refractivity contribution in [3.8, 4) is 0 Å². The van der Waals surface area contributed by atoms with Gasteiger partial charge in [0.15, 0.2) is 0 Å². The minimum Gasteiger partial charge on any atom is -0.336 e. The zero-order valence-corrected chi connectivity index (χ0v) is 10.5. The fourth-order valence-electron chi connectivity index (χ4n) is 1.44. The lowest BCUT2D eigenvalue weighted by Crippen LogP contribution is -2.35. The number of likely N-dealkylation sites (N-methyl/N-ethyl adjacent to an activating group) is 1. The number of nitrogens with two attached hydrogens (primary N) is 1. The van der Waals surface area contributed by atoms with Gasteiger partial charge in [0, 0.05) is 31.8 Å². The van der Waals surface area contributed by atoms with E-state index in [-0.39, 0.29) is 31.1 Å². The highest BCUT2D eigenvalue weighted by Gasteiger charge is 2.12. The molecule has 0 spiro atoms. The molecule has 1 aromatic carbocycles. The fourth-order valence-corrected chi connectivity index (χ4v) is 1.44. The lowest BCUT2D eigenvalue weighted by Gasteiger charge is -2.16. The number of hydrogen-bond acceptors (Lipinski definition) is 3. The van der Waals surface area contributed by atoms with Crippen molar-refractivity contribution in [1.29, 1.82) is 0 Å². The molecule has 0 fully saturated rings. The summed E-state index contributed by atoms with van der Waals surface area (Å²) in [4.78, 5) is 24.2. The van der Waals surface area contributed by atoms with E-state index in [1.165, 1.54) is 11.9 Å². The van der Waals surface area contributed by atoms with E-state index in [9.17, 15) is 18.4 Å². The first-order chi connectivity index (χ1) is 8.92. The normalized spacial score (nSPS) is 10.1. The SMILES string of the molecule is CN(CC(=O)Nc1cc(F)cc(F)c1)C(=O)CCN. The Labute approximate surface area is 109 Å². The summed E-state index contributed by atoms with van der Waals surface area (Å²) in [6.07, 6.45) is 0.137. The maximum absolute atomic E-state index is 12.9. The number of nitrogens with one attached hydrogen (secondary N) is 1. The van der Waals surface area contributed by atoms with Crippen molar-refractivity contribution < 1.29 is 18.4 Å². The van der Waals surface area contributed by atoms with Crippen LogP contribution >= 0.6 is 0 Å². The van der Waals surface area contributed by atoms with Crippen LogP contribution in [0.25, 0.3) is 0 Å². The smallest absolute Gasteiger partial charge is 0.243 e. The number of hydrogen-bond donors (Lipinski definition) is 2. The summed E-state index contributed by atoms with van der Waals surface area (Å²) in [5.74, 6) is -2.40. The standard InChI is InChI=1S/C12H15F2N3O2/c1-17(12(19)2-3-15)7-11(18)16-10-5-8(13)4-9(14)6-10/h4-6H,2-3,7,15H2,1H3,(H,16,18). The summed E-state index contributed by atoms with van der Waals surface area (Å²) >= 11 is 0. The first-order valence-electron chi connectivity index (χ1n) is 5.62. The zero-order chi connectivity index (χ0) is 14.4. The Morgan fingerprint density at radius 2 is 1.84 bits per heavy atom. The minimum absolute atomic E-state index is 0.00201. The number of halogens is 2. The molecule has 0 saturated carbocycles. The molecule has 2 amide bonds. The number of anilines is 1. The first kappa shape index (κ1) is 15.0. The second-order valence-corrected chi connectivity index (χ2v) is 3.99. The van der Waals surface area contributed by atoms with Crippen LogP contribution in [0.2, 0.25) is 0 Å². The molecule has 0 saturated heterocycles. The van der Waals surface area contributed by atoms with Crippen LogP contribution < -0.4 is 11.1 Å².